The van der Waals surface area contributed by atoms with Crippen molar-refractivity contribution in [3.63, 3.8) is 0 Å². The lowest BCUT2D eigenvalue weighted by molar-refractivity contribution is -0.156. The molecule has 1 aliphatic rings. The zero-order valence-corrected chi connectivity index (χ0v) is 18.9. The second-order valence-electron chi connectivity index (χ2n) is 8.24. The predicted octanol–water partition coefficient (Wildman–Crippen LogP) is 6.61. The van der Waals surface area contributed by atoms with Gasteiger partial charge in [-0.2, -0.15) is 0 Å². The quantitative estimate of drug-likeness (QED) is 0.356. The number of piperidine rings is 1. The summed E-state index contributed by atoms with van der Waals surface area (Å²) in [5.74, 6) is -0.0406. The molecule has 0 aliphatic carbocycles. The number of halogens is 2. The number of benzene rings is 2. The largest absolute Gasteiger partial charge is 0.325 e. The second kappa shape index (κ2) is 9.36. The number of amides is 1. The molecule has 1 aliphatic heterocycles. The van der Waals surface area contributed by atoms with Crippen molar-refractivity contribution < 1.29 is 9.59 Å². The highest BCUT2D eigenvalue weighted by atomic mass is 35.5. The van der Waals surface area contributed by atoms with Gasteiger partial charge in [-0.25, -0.2) is 0 Å². The van der Waals surface area contributed by atoms with Crippen molar-refractivity contribution in [1.82, 2.24) is 4.90 Å². The van der Waals surface area contributed by atoms with Crippen molar-refractivity contribution >= 4 is 35.4 Å². The normalized spacial score (nSPS) is 25.1. The molecule has 1 saturated heterocycles. The third-order valence-electron chi connectivity index (χ3n) is 6.12. The zero-order chi connectivity index (χ0) is 21.9. The molecule has 1 fully saturated rings. The van der Waals surface area contributed by atoms with Gasteiger partial charge in [-0.05, 0) is 54.7 Å². The van der Waals surface area contributed by atoms with Crippen molar-refractivity contribution in [3.8, 4) is 0 Å². The van der Waals surface area contributed by atoms with Crippen LogP contribution in [0, 0.1) is 5.41 Å². The van der Waals surface area contributed by atoms with Crippen LogP contribution in [0.5, 0.6) is 0 Å². The molecule has 3 rings (SSSR count). The van der Waals surface area contributed by atoms with Crippen LogP contribution >= 0.6 is 23.2 Å². The molecule has 0 aromatic heterocycles. The number of carbonyl (C=O) groups is 2. The lowest BCUT2D eigenvalue weighted by atomic mass is 9.67. The molecule has 1 unspecified atom stereocenters. The average molecular weight is 444 g/mol. The summed E-state index contributed by atoms with van der Waals surface area (Å²) in [5, 5.41) is 1.28. The summed E-state index contributed by atoms with van der Waals surface area (Å²) < 4.78 is 0. The molecule has 1 heterocycles. The van der Waals surface area contributed by atoms with E-state index in [1.165, 1.54) is 0 Å². The number of carbonyl (C=O) groups excluding carboxylic acids is 2. The summed E-state index contributed by atoms with van der Waals surface area (Å²) in [6.45, 7) is 7.77. The van der Waals surface area contributed by atoms with Crippen molar-refractivity contribution in [2.24, 2.45) is 5.41 Å². The fraction of sp³-hybridized carbons (Fsp3) is 0.360. The minimum Gasteiger partial charge on any atom is -0.325 e. The molecular formula is C25H27Cl2NO2. The Bertz CT molecular complexity index is 927. The SMILES string of the molecule is C=CC[C@@]1(C)CC(c2cccc(Cl)c2)[C@@H](c2ccc(Cl)cc2)N([C@H](C=O)CC)C1=O. The summed E-state index contributed by atoms with van der Waals surface area (Å²) in [6, 6.07) is 14.5. The molecule has 2 aromatic carbocycles. The summed E-state index contributed by atoms with van der Waals surface area (Å²) in [7, 11) is 0. The Labute approximate surface area is 188 Å². The van der Waals surface area contributed by atoms with Gasteiger partial charge in [-0.1, -0.05) is 67.4 Å². The van der Waals surface area contributed by atoms with Crippen molar-refractivity contribution in [1.29, 1.82) is 0 Å². The Morgan fingerprint density at radius 3 is 2.43 bits per heavy atom. The average Bonchev–Trinajstić information content (AvgIpc) is 2.73. The Morgan fingerprint density at radius 2 is 1.87 bits per heavy atom. The Morgan fingerprint density at radius 1 is 1.17 bits per heavy atom. The maximum Gasteiger partial charge on any atom is 0.229 e. The summed E-state index contributed by atoms with van der Waals surface area (Å²) in [4.78, 5) is 27.6. The van der Waals surface area contributed by atoms with E-state index in [-0.39, 0.29) is 17.9 Å². The third-order valence-corrected chi connectivity index (χ3v) is 6.61. The monoisotopic (exact) mass is 443 g/mol. The fourth-order valence-electron chi connectivity index (χ4n) is 4.61. The highest BCUT2D eigenvalue weighted by molar-refractivity contribution is 6.30. The number of allylic oxidation sites excluding steroid dienone is 1. The number of hydrogen-bond donors (Lipinski definition) is 0. The molecule has 3 nitrogen and oxygen atoms in total. The van der Waals surface area contributed by atoms with Crippen LogP contribution < -0.4 is 0 Å². The molecule has 4 atom stereocenters. The van der Waals surface area contributed by atoms with E-state index in [4.69, 9.17) is 23.2 Å². The van der Waals surface area contributed by atoms with Gasteiger partial charge in [0.2, 0.25) is 5.91 Å². The van der Waals surface area contributed by atoms with Gasteiger partial charge in [-0.3, -0.25) is 4.79 Å². The smallest absolute Gasteiger partial charge is 0.229 e. The van der Waals surface area contributed by atoms with E-state index in [0.29, 0.717) is 29.3 Å². The van der Waals surface area contributed by atoms with Gasteiger partial charge < -0.3 is 9.69 Å². The first kappa shape index (κ1) is 22.6. The predicted molar refractivity (Wildman–Crippen MR) is 123 cm³/mol. The van der Waals surface area contributed by atoms with Crippen LogP contribution in [0.15, 0.2) is 61.2 Å². The molecule has 158 valence electrons. The van der Waals surface area contributed by atoms with Gasteiger partial charge in [0.1, 0.15) is 6.29 Å². The number of rotatable bonds is 7. The van der Waals surface area contributed by atoms with Gasteiger partial charge in [0.05, 0.1) is 17.5 Å². The maximum atomic E-state index is 13.8. The molecule has 0 N–H and O–H groups in total. The number of likely N-dealkylation sites (tertiary alicyclic amines) is 1. The number of nitrogens with zero attached hydrogens (tertiary/aromatic N) is 1. The van der Waals surface area contributed by atoms with E-state index in [2.05, 4.69) is 6.58 Å². The summed E-state index contributed by atoms with van der Waals surface area (Å²) in [5.41, 5.74) is 1.36. The topological polar surface area (TPSA) is 37.4 Å². The molecule has 0 radical (unpaired) electrons. The van der Waals surface area contributed by atoms with Gasteiger partial charge >= 0.3 is 0 Å². The van der Waals surface area contributed by atoms with Crippen LogP contribution in [0.25, 0.3) is 0 Å². The minimum absolute atomic E-state index is 0.0143. The highest BCUT2D eigenvalue weighted by Gasteiger charge is 2.50. The van der Waals surface area contributed by atoms with Crippen molar-refractivity contribution in [2.75, 3.05) is 0 Å². The Hall–Kier alpha value is -2.10. The van der Waals surface area contributed by atoms with Crippen LogP contribution in [0.2, 0.25) is 10.0 Å². The molecule has 0 spiro atoms. The van der Waals surface area contributed by atoms with Crippen LogP contribution in [0.4, 0.5) is 0 Å². The first-order valence-corrected chi connectivity index (χ1v) is 11.0. The maximum absolute atomic E-state index is 13.8. The molecule has 5 heteroatoms. The molecular weight excluding hydrogens is 417 g/mol. The third kappa shape index (κ3) is 4.33. The van der Waals surface area contributed by atoms with Gasteiger partial charge in [0.15, 0.2) is 0 Å². The van der Waals surface area contributed by atoms with Gasteiger partial charge in [-0.15, -0.1) is 6.58 Å². The van der Waals surface area contributed by atoms with Gasteiger partial charge in [0, 0.05) is 16.0 Å². The fourth-order valence-corrected chi connectivity index (χ4v) is 4.94. The van der Waals surface area contributed by atoms with Crippen molar-refractivity contribution in [2.45, 2.75) is 51.1 Å². The Kier molecular flexibility index (Phi) is 7.05. The Balaban J connectivity index is 2.23. The highest BCUT2D eigenvalue weighted by Crippen LogP contribution is 2.52. The van der Waals surface area contributed by atoms with Crippen LogP contribution in [-0.4, -0.2) is 23.1 Å². The van der Waals surface area contributed by atoms with E-state index in [1.807, 2.05) is 62.4 Å². The molecule has 0 bridgehead atoms. The minimum atomic E-state index is -0.645. The van der Waals surface area contributed by atoms with Crippen molar-refractivity contribution in [3.05, 3.63) is 82.4 Å². The zero-order valence-electron chi connectivity index (χ0n) is 17.4. The second-order valence-corrected chi connectivity index (χ2v) is 9.11. The molecule has 1 amide bonds. The first-order chi connectivity index (χ1) is 14.3. The summed E-state index contributed by atoms with van der Waals surface area (Å²) >= 11 is 12.5. The molecule has 2 aromatic rings. The van der Waals surface area contributed by atoms with E-state index in [1.54, 1.807) is 11.0 Å². The van der Waals surface area contributed by atoms with Crippen LogP contribution in [0.1, 0.15) is 56.2 Å². The summed E-state index contributed by atoms with van der Waals surface area (Å²) in [6.07, 6.45) is 4.40. The molecule has 30 heavy (non-hydrogen) atoms. The lowest BCUT2D eigenvalue weighted by Crippen LogP contribution is -2.55. The van der Waals surface area contributed by atoms with E-state index in [9.17, 15) is 9.59 Å². The van der Waals surface area contributed by atoms with Crippen LogP contribution in [-0.2, 0) is 9.59 Å². The van der Waals surface area contributed by atoms with E-state index >= 15 is 0 Å². The van der Waals surface area contributed by atoms with Gasteiger partial charge in [0.25, 0.3) is 0 Å². The first-order valence-electron chi connectivity index (χ1n) is 10.2. The number of hydrogen-bond acceptors (Lipinski definition) is 2. The van der Waals surface area contributed by atoms with Crippen LogP contribution in [0.3, 0.4) is 0 Å². The lowest BCUT2D eigenvalue weighted by Gasteiger charge is -2.51. The molecule has 0 saturated carbocycles. The standard InChI is InChI=1S/C25H27Cl2NO2/c1-4-13-25(3)15-22(18-7-6-8-20(27)14-18)23(17-9-11-19(26)12-10-17)28(24(25)30)21(5-2)16-29/h4,6-12,14,16,21-23H,1,5,13,15H2,2-3H3/t21-,22?,23+,25-/m0/s1. The van der Waals surface area contributed by atoms with E-state index < -0.39 is 11.5 Å². The van der Waals surface area contributed by atoms with E-state index in [0.717, 1.165) is 17.4 Å². The number of aldehydes is 1.